The Kier molecular flexibility index (Phi) is 2.64. The van der Waals surface area contributed by atoms with E-state index in [1.807, 2.05) is 6.92 Å². The number of nitrogens with one attached hydrogen (secondary N) is 1. The Hall–Kier alpha value is -0.680. The first kappa shape index (κ1) is 9.41. The summed E-state index contributed by atoms with van der Waals surface area (Å²) in [5.74, 6) is 0. The summed E-state index contributed by atoms with van der Waals surface area (Å²) in [4.78, 5) is 4.11. The molecule has 0 saturated heterocycles. The zero-order valence-corrected chi connectivity index (χ0v) is 7.98. The summed E-state index contributed by atoms with van der Waals surface area (Å²) in [6.07, 6.45) is 1.41. The molecular weight excluding hydrogens is 176 g/mol. The molecule has 5 heteroatoms. The lowest BCUT2D eigenvalue weighted by atomic mass is 10.5. The van der Waals surface area contributed by atoms with Crippen molar-refractivity contribution in [2.45, 2.75) is 13.8 Å². The molecule has 0 aliphatic carbocycles. The number of likely N-dealkylation sites (N-methyl/N-ethyl adjacent to an activating group) is 1. The molecule has 0 unspecified atom stereocenters. The molecular formula is C7H12N2O2S. The number of nitrogens with zero attached hydrogens (tertiary/aromatic N) is 1. The maximum atomic E-state index is 11.4. The summed E-state index contributed by atoms with van der Waals surface area (Å²) >= 11 is 0. The van der Waals surface area contributed by atoms with Crippen molar-refractivity contribution in [3.8, 4) is 0 Å². The predicted octanol–water partition coefficient (Wildman–Crippen LogP) is 0.284. The number of sulfone groups is 1. The zero-order chi connectivity index (χ0) is 9.19. The third kappa shape index (κ3) is 1.56. The molecule has 0 aromatic heterocycles. The van der Waals surface area contributed by atoms with Gasteiger partial charge in [0, 0.05) is 12.7 Å². The fraction of sp³-hybridized carbons (Fsp3) is 0.571. The van der Waals surface area contributed by atoms with Gasteiger partial charge in [-0.2, -0.15) is 0 Å². The van der Waals surface area contributed by atoms with E-state index in [1.54, 1.807) is 0 Å². The molecule has 0 saturated carbocycles. The number of hydrogen-bond donors (Lipinski definition) is 1. The number of rotatable bonds is 3. The predicted molar refractivity (Wildman–Crippen MR) is 48.7 cm³/mol. The van der Waals surface area contributed by atoms with Crippen LogP contribution < -0.4 is 5.32 Å². The molecule has 0 aromatic carbocycles. The van der Waals surface area contributed by atoms with Gasteiger partial charge in [-0.15, -0.1) is 0 Å². The van der Waals surface area contributed by atoms with Gasteiger partial charge in [-0.25, -0.2) is 13.4 Å². The lowest BCUT2D eigenvalue weighted by molar-refractivity contribution is 0.610. The average Bonchev–Trinajstić information content (AvgIpc) is 2.25. The summed E-state index contributed by atoms with van der Waals surface area (Å²) in [7, 11) is -3.19. The van der Waals surface area contributed by atoms with E-state index < -0.39 is 9.84 Å². The van der Waals surface area contributed by atoms with Crippen molar-refractivity contribution in [3.63, 3.8) is 0 Å². The first-order valence-electron chi connectivity index (χ1n) is 3.78. The van der Waals surface area contributed by atoms with Gasteiger partial charge in [0.2, 0.25) is 9.84 Å². The Morgan fingerprint density at radius 3 is 2.67 bits per heavy atom. The van der Waals surface area contributed by atoms with E-state index in [-0.39, 0.29) is 5.04 Å². The monoisotopic (exact) mass is 188 g/mol. The molecule has 1 aliphatic heterocycles. The van der Waals surface area contributed by atoms with Gasteiger partial charge >= 0.3 is 0 Å². The van der Waals surface area contributed by atoms with Crippen LogP contribution in [0.2, 0.25) is 0 Å². The van der Waals surface area contributed by atoms with Crippen LogP contribution in [0.4, 0.5) is 0 Å². The minimum atomic E-state index is -3.19. The highest BCUT2D eigenvalue weighted by Gasteiger charge is 2.24. The normalized spacial score (nSPS) is 20.5. The Bertz CT molecular complexity index is 327. The van der Waals surface area contributed by atoms with Crippen LogP contribution in [0.25, 0.3) is 0 Å². The van der Waals surface area contributed by atoms with Crippen LogP contribution in [0.1, 0.15) is 13.8 Å². The zero-order valence-electron chi connectivity index (χ0n) is 7.16. The molecule has 0 aromatic rings. The highest BCUT2D eigenvalue weighted by Crippen LogP contribution is 2.15. The Balaban J connectivity index is 2.74. The van der Waals surface area contributed by atoms with E-state index >= 15 is 0 Å². The molecule has 0 bridgehead atoms. The summed E-state index contributed by atoms with van der Waals surface area (Å²) in [6, 6.07) is 0. The van der Waals surface area contributed by atoms with Gasteiger partial charge in [0.1, 0.15) is 5.04 Å². The third-order valence-corrected chi connectivity index (χ3v) is 3.50. The molecule has 1 aliphatic rings. The van der Waals surface area contributed by atoms with Gasteiger partial charge < -0.3 is 5.32 Å². The number of hydrogen-bond acceptors (Lipinski definition) is 4. The van der Waals surface area contributed by atoms with Crippen LogP contribution in [-0.4, -0.2) is 26.6 Å². The van der Waals surface area contributed by atoms with Gasteiger partial charge in [-0.3, -0.25) is 0 Å². The van der Waals surface area contributed by atoms with Gasteiger partial charge in [0.25, 0.3) is 0 Å². The van der Waals surface area contributed by atoms with Crippen molar-refractivity contribution >= 4 is 14.9 Å². The minimum Gasteiger partial charge on any atom is -0.312 e. The van der Waals surface area contributed by atoms with Crippen LogP contribution in [0, 0.1) is 0 Å². The first-order valence-corrected chi connectivity index (χ1v) is 5.26. The SMILES string of the molecule is CCNCC1=CN=C(C)S1(=O)=O. The lowest BCUT2D eigenvalue weighted by Gasteiger charge is -2.02. The van der Waals surface area contributed by atoms with E-state index in [4.69, 9.17) is 0 Å². The quantitative estimate of drug-likeness (QED) is 0.692. The second-order valence-electron chi connectivity index (χ2n) is 2.53. The van der Waals surface area contributed by atoms with Crippen molar-refractivity contribution < 1.29 is 8.42 Å². The Morgan fingerprint density at radius 1 is 1.58 bits per heavy atom. The van der Waals surface area contributed by atoms with Gasteiger partial charge in [0.15, 0.2) is 0 Å². The summed E-state index contributed by atoms with van der Waals surface area (Å²) in [6.45, 7) is 4.56. The molecule has 12 heavy (non-hydrogen) atoms. The highest BCUT2D eigenvalue weighted by molar-refractivity contribution is 8.09. The van der Waals surface area contributed by atoms with E-state index in [2.05, 4.69) is 10.3 Å². The van der Waals surface area contributed by atoms with Crippen LogP contribution in [-0.2, 0) is 9.84 Å². The summed E-state index contributed by atoms with van der Waals surface area (Å²) < 4.78 is 22.7. The van der Waals surface area contributed by atoms with Crippen molar-refractivity contribution in [2.75, 3.05) is 13.1 Å². The fourth-order valence-corrected chi connectivity index (χ4v) is 1.93. The minimum absolute atomic E-state index is 0.190. The fourth-order valence-electron chi connectivity index (χ4n) is 0.880. The van der Waals surface area contributed by atoms with Crippen molar-refractivity contribution in [2.24, 2.45) is 4.99 Å². The van der Waals surface area contributed by atoms with E-state index in [9.17, 15) is 8.42 Å². The molecule has 68 valence electrons. The maximum absolute atomic E-state index is 11.4. The van der Waals surface area contributed by atoms with Crippen LogP contribution in [0.3, 0.4) is 0 Å². The smallest absolute Gasteiger partial charge is 0.218 e. The largest absolute Gasteiger partial charge is 0.312 e. The third-order valence-electron chi connectivity index (χ3n) is 1.67. The molecule has 0 fully saturated rings. The maximum Gasteiger partial charge on any atom is 0.218 e. The molecule has 4 nitrogen and oxygen atoms in total. The van der Waals surface area contributed by atoms with Crippen molar-refractivity contribution in [1.29, 1.82) is 0 Å². The van der Waals surface area contributed by atoms with Crippen molar-refractivity contribution in [1.82, 2.24) is 5.32 Å². The Labute approximate surface area is 72.3 Å². The van der Waals surface area contributed by atoms with E-state index in [0.717, 1.165) is 6.54 Å². The summed E-state index contributed by atoms with van der Waals surface area (Å²) in [5, 5.41) is 3.14. The molecule has 0 atom stereocenters. The number of aliphatic imine (C=N–C) groups is 1. The van der Waals surface area contributed by atoms with E-state index in [0.29, 0.717) is 11.4 Å². The summed E-state index contributed by atoms with van der Waals surface area (Å²) in [5.41, 5.74) is 0. The topological polar surface area (TPSA) is 58.5 Å². The molecule has 0 radical (unpaired) electrons. The van der Waals surface area contributed by atoms with E-state index in [1.165, 1.54) is 13.1 Å². The molecule has 1 heterocycles. The molecule has 0 spiro atoms. The van der Waals surface area contributed by atoms with Crippen LogP contribution in [0.5, 0.6) is 0 Å². The van der Waals surface area contributed by atoms with Gasteiger partial charge in [-0.1, -0.05) is 6.92 Å². The van der Waals surface area contributed by atoms with Gasteiger partial charge in [-0.05, 0) is 13.5 Å². The Morgan fingerprint density at radius 2 is 2.25 bits per heavy atom. The lowest BCUT2D eigenvalue weighted by Crippen LogP contribution is -2.21. The second-order valence-corrected chi connectivity index (χ2v) is 4.65. The standard InChI is InChI=1S/C7H12N2O2S/c1-3-8-4-7-5-9-6(2)12(7,10)11/h5,8H,3-4H2,1-2H3. The van der Waals surface area contributed by atoms with Crippen LogP contribution >= 0.6 is 0 Å². The second kappa shape index (κ2) is 3.37. The first-order chi connectivity index (χ1) is 5.59. The van der Waals surface area contributed by atoms with Crippen molar-refractivity contribution in [3.05, 3.63) is 11.1 Å². The highest BCUT2D eigenvalue weighted by atomic mass is 32.2. The van der Waals surface area contributed by atoms with Gasteiger partial charge in [0.05, 0.1) is 4.91 Å². The van der Waals surface area contributed by atoms with Crippen LogP contribution in [0.15, 0.2) is 16.1 Å². The molecule has 0 amide bonds. The molecule has 1 rings (SSSR count). The average molecular weight is 188 g/mol. The molecule has 1 N–H and O–H groups in total.